The molecule has 0 saturated carbocycles. The number of nitrogens with zero attached hydrogens (tertiary/aromatic N) is 1. The van der Waals surface area contributed by atoms with E-state index in [-0.39, 0.29) is 12.3 Å². The van der Waals surface area contributed by atoms with Crippen LogP contribution in [0.25, 0.3) is 0 Å². The maximum atomic E-state index is 11.7. The molecule has 0 saturated heterocycles. The van der Waals surface area contributed by atoms with Crippen molar-refractivity contribution in [2.45, 2.75) is 12.1 Å². The molecule has 18 heavy (non-hydrogen) atoms. The first-order chi connectivity index (χ1) is 8.60. The minimum atomic E-state index is -1.49. The minimum Gasteiger partial charge on any atom is -0.394 e. The summed E-state index contributed by atoms with van der Waals surface area (Å²) in [6, 6.07) is 1.37. The van der Waals surface area contributed by atoms with Crippen molar-refractivity contribution in [1.82, 2.24) is 10.5 Å². The van der Waals surface area contributed by atoms with Gasteiger partial charge in [0.2, 0.25) is 0 Å². The fraction of sp³-hybridized carbons (Fsp3) is 0.600. The number of aliphatic hydroxyl groups excluding tert-OH is 3. The highest BCUT2D eigenvalue weighted by molar-refractivity contribution is 5.92. The van der Waals surface area contributed by atoms with Gasteiger partial charge in [-0.3, -0.25) is 4.79 Å². The lowest BCUT2D eigenvalue weighted by Gasteiger charge is -2.28. The molecule has 0 radical (unpaired) electrons. The van der Waals surface area contributed by atoms with Crippen LogP contribution >= 0.6 is 0 Å². The first kappa shape index (κ1) is 14.6. The van der Waals surface area contributed by atoms with Gasteiger partial charge in [-0.25, -0.2) is 0 Å². The van der Waals surface area contributed by atoms with Gasteiger partial charge >= 0.3 is 0 Å². The number of ether oxygens (including phenoxy) is 1. The summed E-state index contributed by atoms with van der Waals surface area (Å²) >= 11 is 0. The van der Waals surface area contributed by atoms with E-state index in [1.165, 1.54) is 13.2 Å². The second-order valence-corrected chi connectivity index (χ2v) is 3.82. The van der Waals surface area contributed by atoms with Gasteiger partial charge in [-0.05, 0) is 0 Å². The topological polar surface area (TPSA) is 125 Å². The highest BCUT2D eigenvalue weighted by Crippen LogP contribution is 2.08. The average Bonchev–Trinajstić information content (AvgIpc) is 2.85. The fourth-order valence-electron chi connectivity index (χ4n) is 1.20. The lowest BCUT2D eigenvalue weighted by atomic mass is 10.0. The van der Waals surface area contributed by atoms with Gasteiger partial charge in [0.1, 0.15) is 12.1 Å². The third-order valence-electron chi connectivity index (χ3n) is 2.36. The standard InChI is InChI=1S/C10H16N2O6/c1-17-3-7-2-8(12-18-7)9(16)11-10(4-13,5-14)6-15/h2,13-15H,3-6H2,1H3,(H,11,16). The summed E-state index contributed by atoms with van der Waals surface area (Å²) in [5, 5.41) is 33.0. The molecule has 1 rings (SSSR count). The molecule has 8 nitrogen and oxygen atoms in total. The highest BCUT2D eigenvalue weighted by Gasteiger charge is 2.31. The second-order valence-electron chi connectivity index (χ2n) is 3.82. The van der Waals surface area contributed by atoms with Gasteiger partial charge in [0, 0.05) is 13.2 Å². The maximum Gasteiger partial charge on any atom is 0.274 e. The monoisotopic (exact) mass is 260 g/mol. The van der Waals surface area contributed by atoms with Crippen LogP contribution in [0.4, 0.5) is 0 Å². The smallest absolute Gasteiger partial charge is 0.274 e. The second kappa shape index (κ2) is 6.45. The Hall–Kier alpha value is -1.48. The minimum absolute atomic E-state index is 0.0261. The van der Waals surface area contributed by atoms with E-state index in [9.17, 15) is 4.79 Å². The van der Waals surface area contributed by atoms with Gasteiger partial charge in [-0.1, -0.05) is 5.16 Å². The Morgan fingerprint density at radius 3 is 2.56 bits per heavy atom. The van der Waals surface area contributed by atoms with Crippen LogP contribution in [0.2, 0.25) is 0 Å². The Labute approximate surface area is 103 Å². The van der Waals surface area contributed by atoms with E-state index in [2.05, 4.69) is 10.5 Å². The van der Waals surface area contributed by atoms with Crippen LogP contribution in [0.1, 0.15) is 16.2 Å². The molecule has 1 aromatic rings. The molecule has 102 valence electrons. The molecular formula is C10H16N2O6. The summed E-state index contributed by atoms with van der Waals surface area (Å²) in [5.74, 6) is -0.302. The van der Waals surface area contributed by atoms with Gasteiger partial charge < -0.3 is 29.9 Å². The zero-order valence-electron chi connectivity index (χ0n) is 9.92. The molecule has 1 amide bonds. The molecule has 4 N–H and O–H groups in total. The molecule has 0 aliphatic carbocycles. The van der Waals surface area contributed by atoms with Gasteiger partial charge in [0.05, 0.1) is 19.8 Å². The summed E-state index contributed by atoms with van der Waals surface area (Å²) in [6.07, 6.45) is 0. The lowest BCUT2D eigenvalue weighted by molar-refractivity contribution is 0.0371. The fourth-order valence-corrected chi connectivity index (χ4v) is 1.20. The Bertz CT molecular complexity index is 379. The number of methoxy groups -OCH3 is 1. The van der Waals surface area contributed by atoms with Crippen molar-refractivity contribution in [3.63, 3.8) is 0 Å². The molecule has 0 aliphatic heterocycles. The van der Waals surface area contributed by atoms with E-state index in [1.807, 2.05) is 0 Å². The molecule has 0 spiro atoms. The number of carbonyl (C=O) groups is 1. The van der Waals surface area contributed by atoms with Crippen molar-refractivity contribution < 1.29 is 29.4 Å². The van der Waals surface area contributed by atoms with Crippen molar-refractivity contribution in [3.8, 4) is 0 Å². The lowest BCUT2D eigenvalue weighted by Crippen LogP contribution is -2.57. The SMILES string of the molecule is COCc1cc(C(=O)NC(CO)(CO)CO)no1. The van der Waals surface area contributed by atoms with Gasteiger partial charge in [-0.2, -0.15) is 0 Å². The number of nitrogens with one attached hydrogen (secondary N) is 1. The summed E-state index contributed by atoms with van der Waals surface area (Å²) in [5.41, 5.74) is -1.51. The third kappa shape index (κ3) is 3.26. The van der Waals surface area contributed by atoms with Crippen LogP contribution in [0.3, 0.4) is 0 Å². The Balaban J connectivity index is 2.74. The largest absolute Gasteiger partial charge is 0.394 e. The van der Waals surface area contributed by atoms with E-state index in [0.717, 1.165) is 0 Å². The van der Waals surface area contributed by atoms with Crippen LogP contribution in [-0.4, -0.2) is 58.9 Å². The summed E-state index contributed by atoms with van der Waals surface area (Å²) < 4.78 is 9.62. The Kier molecular flexibility index (Phi) is 5.23. The predicted molar refractivity (Wildman–Crippen MR) is 58.7 cm³/mol. The number of carbonyl (C=O) groups excluding carboxylic acids is 1. The molecule has 0 fully saturated rings. The molecule has 8 heteroatoms. The van der Waals surface area contributed by atoms with E-state index in [1.54, 1.807) is 0 Å². The van der Waals surface area contributed by atoms with Crippen molar-refractivity contribution in [1.29, 1.82) is 0 Å². The number of rotatable bonds is 7. The van der Waals surface area contributed by atoms with Crippen LogP contribution in [-0.2, 0) is 11.3 Å². The van der Waals surface area contributed by atoms with Crippen LogP contribution < -0.4 is 5.32 Å². The molecule has 0 aliphatic rings. The number of hydrogen-bond donors (Lipinski definition) is 4. The van der Waals surface area contributed by atoms with Crippen molar-refractivity contribution in [2.75, 3.05) is 26.9 Å². The summed E-state index contributed by atoms with van der Waals surface area (Å²) in [7, 11) is 1.47. The molecule has 0 atom stereocenters. The molecule has 0 aromatic carbocycles. The van der Waals surface area contributed by atoms with E-state index >= 15 is 0 Å². The number of hydrogen-bond acceptors (Lipinski definition) is 7. The van der Waals surface area contributed by atoms with Crippen LogP contribution in [0, 0.1) is 0 Å². The molecule has 1 aromatic heterocycles. The normalized spacial score (nSPS) is 11.6. The summed E-state index contributed by atoms with van der Waals surface area (Å²) in [4.78, 5) is 11.7. The van der Waals surface area contributed by atoms with Crippen molar-refractivity contribution >= 4 is 5.91 Å². The maximum absolute atomic E-state index is 11.7. The van der Waals surface area contributed by atoms with Gasteiger partial charge in [0.25, 0.3) is 5.91 Å². The summed E-state index contributed by atoms with van der Waals surface area (Å²) in [6.45, 7) is -1.64. The zero-order valence-corrected chi connectivity index (χ0v) is 9.92. The van der Waals surface area contributed by atoms with E-state index < -0.39 is 31.3 Å². The van der Waals surface area contributed by atoms with Crippen molar-refractivity contribution in [2.24, 2.45) is 0 Å². The average molecular weight is 260 g/mol. The van der Waals surface area contributed by atoms with Gasteiger partial charge in [-0.15, -0.1) is 0 Å². The molecule has 0 unspecified atom stereocenters. The van der Waals surface area contributed by atoms with Crippen LogP contribution in [0.5, 0.6) is 0 Å². The van der Waals surface area contributed by atoms with Crippen molar-refractivity contribution in [3.05, 3.63) is 17.5 Å². The first-order valence-corrected chi connectivity index (χ1v) is 5.20. The molecule has 1 heterocycles. The van der Waals surface area contributed by atoms with E-state index in [4.69, 9.17) is 24.6 Å². The highest BCUT2D eigenvalue weighted by atomic mass is 16.5. The number of amides is 1. The Morgan fingerprint density at radius 1 is 1.44 bits per heavy atom. The zero-order chi connectivity index (χ0) is 13.6. The molecule has 0 bridgehead atoms. The van der Waals surface area contributed by atoms with Gasteiger partial charge in [0.15, 0.2) is 11.5 Å². The third-order valence-corrected chi connectivity index (χ3v) is 2.36. The van der Waals surface area contributed by atoms with Crippen LogP contribution in [0.15, 0.2) is 10.6 Å². The number of aromatic nitrogens is 1. The van der Waals surface area contributed by atoms with E-state index in [0.29, 0.717) is 5.76 Å². The first-order valence-electron chi connectivity index (χ1n) is 5.20. The molecular weight excluding hydrogens is 244 g/mol. The quantitative estimate of drug-likeness (QED) is 0.459. The predicted octanol–water partition coefficient (Wildman–Crippen LogP) is -1.73. The number of aliphatic hydroxyl groups is 3. The Morgan fingerprint density at radius 2 is 2.06 bits per heavy atom.